The minimum absolute atomic E-state index is 0.0239. The number of hydrogen-bond acceptors (Lipinski definition) is 4. The van der Waals surface area contributed by atoms with Crippen molar-refractivity contribution in [3.05, 3.63) is 58.4 Å². The molecule has 0 saturated heterocycles. The third-order valence-corrected chi connectivity index (χ3v) is 4.55. The van der Waals surface area contributed by atoms with Gasteiger partial charge in [0, 0.05) is 39.1 Å². The lowest BCUT2D eigenvalue weighted by Gasteiger charge is -2.07. The minimum atomic E-state index is -0.0239. The van der Waals surface area contributed by atoms with Crippen LogP contribution in [0.2, 0.25) is 0 Å². The van der Waals surface area contributed by atoms with Crippen LogP contribution in [0.5, 0.6) is 0 Å². The van der Waals surface area contributed by atoms with Crippen molar-refractivity contribution in [1.29, 1.82) is 0 Å². The lowest BCUT2D eigenvalue weighted by Crippen LogP contribution is -2.19. The van der Waals surface area contributed by atoms with Crippen LogP contribution in [0.15, 0.2) is 46.0 Å². The summed E-state index contributed by atoms with van der Waals surface area (Å²) in [5, 5.41) is 4.03. The molecule has 0 saturated carbocycles. The highest BCUT2D eigenvalue weighted by molar-refractivity contribution is 5.76. The predicted octanol–water partition coefficient (Wildman–Crippen LogP) is 2.34. The van der Waals surface area contributed by atoms with Gasteiger partial charge in [0.1, 0.15) is 0 Å². The highest BCUT2D eigenvalue weighted by Crippen LogP contribution is 2.21. The van der Waals surface area contributed by atoms with Crippen LogP contribution in [0, 0.1) is 0 Å². The fourth-order valence-corrected chi connectivity index (χ4v) is 3.09. The number of imidazole rings is 2. The van der Waals surface area contributed by atoms with Gasteiger partial charge in [-0.1, -0.05) is 18.1 Å². The summed E-state index contributed by atoms with van der Waals surface area (Å²) < 4.78 is 10.7. The van der Waals surface area contributed by atoms with E-state index in [0.29, 0.717) is 12.3 Å². The molecule has 0 unspecified atom stereocenters. The Morgan fingerprint density at radius 1 is 1.12 bits per heavy atom. The number of benzene rings is 1. The molecule has 0 aliphatic carbocycles. The molecule has 4 aromatic rings. The van der Waals surface area contributed by atoms with Gasteiger partial charge in [0.05, 0.1) is 16.7 Å². The second kappa shape index (κ2) is 5.77. The molecule has 25 heavy (non-hydrogen) atoms. The van der Waals surface area contributed by atoms with E-state index < -0.39 is 0 Å². The summed E-state index contributed by atoms with van der Waals surface area (Å²) in [5.74, 6) is 1.41. The largest absolute Gasteiger partial charge is 0.353 e. The molecule has 1 aromatic carbocycles. The molecule has 0 aliphatic rings. The quantitative estimate of drug-likeness (QED) is 0.573. The van der Waals surface area contributed by atoms with Crippen molar-refractivity contribution in [3.63, 3.8) is 0 Å². The summed E-state index contributed by atoms with van der Waals surface area (Å²) in [6.45, 7) is 2.67. The highest BCUT2D eigenvalue weighted by Gasteiger charge is 2.13. The Morgan fingerprint density at radius 3 is 2.68 bits per heavy atom. The van der Waals surface area contributed by atoms with E-state index in [0.717, 1.165) is 34.5 Å². The topological polar surface area (TPSA) is 70.8 Å². The van der Waals surface area contributed by atoms with Crippen LogP contribution in [0.4, 0.5) is 0 Å². The molecular weight excluding hydrogens is 318 g/mol. The van der Waals surface area contributed by atoms with Crippen LogP contribution in [-0.4, -0.2) is 23.8 Å². The first-order chi connectivity index (χ1) is 12.1. The van der Waals surface area contributed by atoms with E-state index in [9.17, 15) is 4.79 Å². The molecule has 0 radical (unpaired) electrons. The summed E-state index contributed by atoms with van der Waals surface area (Å²) in [6.07, 6.45) is 4.49. The average molecular weight is 337 g/mol. The molecular formula is C18H19N5O2. The van der Waals surface area contributed by atoms with Crippen molar-refractivity contribution >= 4 is 11.0 Å². The van der Waals surface area contributed by atoms with Crippen LogP contribution in [-0.2, 0) is 27.1 Å². The van der Waals surface area contributed by atoms with Crippen molar-refractivity contribution in [2.75, 3.05) is 0 Å². The number of nitrogens with zero attached hydrogens (tertiary/aromatic N) is 5. The molecule has 0 atom stereocenters. The van der Waals surface area contributed by atoms with Gasteiger partial charge in [-0.15, -0.1) is 0 Å². The van der Waals surface area contributed by atoms with Gasteiger partial charge in [-0.3, -0.25) is 9.13 Å². The van der Waals surface area contributed by atoms with E-state index >= 15 is 0 Å². The minimum Gasteiger partial charge on any atom is -0.353 e. The fraction of sp³-hybridized carbons (Fsp3) is 0.278. The number of aromatic nitrogens is 5. The Morgan fingerprint density at radius 2 is 1.92 bits per heavy atom. The number of rotatable bonds is 4. The lowest BCUT2D eigenvalue weighted by atomic mass is 10.2. The number of hydrogen-bond donors (Lipinski definition) is 0. The standard InChI is InChI=1S/C18H19N5O2/c1-4-13-10-16(25-20-13)17-19-7-8-23(17)11-12-5-6-14-15(9-12)22(3)18(24)21(14)2/h5-10H,4,11H2,1-3H3. The summed E-state index contributed by atoms with van der Waals surface area (Å²) >= 11 is 0. The third kappa shape index (κ3) is 2.48. The van der Waals surface area contributed by atoms with E-state index in [1.165, 1.54) is 0 Å². The lowest BCUT2D eigenvalue weighted by molar-refractivity contribution is 0.420. The average Bonchev–Trinajstić information content (AvgIpc) is 3.32. The Labute approximate surface area is 144 Å². The number of fused-ring (bicyclic) bond motifs is 1. The molecule has 0 spiro atoms. The fourth-order valence-electron chi connectivity index (χ4n) is 3.09. The molecule has 7 heteroatoms. The smallest absolute Gasteiger partial charge is 0.328 e. The summed E-state index contributed by atoms with van der Waals surface area (Å²) in [4.78, 5) is 16.5. The third-order valence-electron chi connectivity index (χ3n) is 4.55. The van der Waals surface area contributed by atoms with Crippen LogP contribution in [0.25, 0.3) is 22.6 Å². The first-order valence-electron chi connectivity index (χ1n) is 8.20. The first kappa shape index (κ1) is 15.4. The van der Waals surface area contributed by atoms with E-state index in [2.05, 4.69) is 10.1 Å². The van der Waals surface area contributed by atoms with Crippen molar-refractivity contribution in [2.24, 2.45) is 14.1 Å². The molecule has 3 aromatic heterocycles. The van der Waals surface area contributed by atoms with Gasteiger partial charge >= 0.3 is 5.69 Å². The maximum Gasteiger partial charge on any atom is 0.328 e. The normalized spacial score (nSPS) is 11.5. The van der Waals surface area contributed by atoms with Crippen LogP contribution >= 0.6 is 0 Å². The van der Waals surface area contributed by atoms with Crippen molar-refractivity contribution in [3.8, 4) is 11.6 Å². The predicted molar refractivity (Wildman–Crippen MR) is 94.4 cm³/mol. The van der Waals surface area contributed by atoms with Crippen molar-refractivity contribution in [2.45, 2.75) is 19.9 Å². The molecule has 0 amide bonds. The second-order valence-corrected chi connectivity index (χ2v) is 6.14. The van der Waals surface area contributed by atoms with Crippen LogP contribution in [0.3, 0.4) is 0 Å². The highest BCUT2D eigenvalue weighted by atomic mass is 16.5. The van der Waals surface area contributed by atoms with E-state index in [1.54, 1.807) is 29.4 Å². The molecule has 7 nitrogen and oxygen atoms in total. The molecule has 0 N–H and O–H groups in total. The Hall–Kier alpha value is -3.09. The van der Waals surface area contributed by atoms with Crippen LogP contribution < -0.4 is 5.69 Å². The summed E-state index contributed by atoms with van der Waals surface area (Å²) in [6, 6.07) is 7.97. The van der Waals surface area contributed by atoms with Gasteiger partial charge in [0.25, 0.3) is 0 Å². The SMILES string of the molecule is CCc1cc(-c2nccn2Cc2ccc3c(c2)n(C)c(=O)n3C)on1. The molecule has 3 heterocycles. The van der Waals surface area contributed by atoms with Gasteiger partial charge in [-0.2, -0.15) is 0 Å². The summed E-state index contributed by atoms with van der Waals surface area (Å²) in [7, 11) is 3.57. The summed E-state index contributed by atoms with van der Waals surface area (Å²) in [5.41, 5.74) is 3.81. The zero-order chi connectivity index (χ0) is 17.6. The number of aryl methyl sites for hydroxylation is 3. The van der Waals surface area contributed by atoms with E-state index in [4.69, 9.17) is 4.52 Å². The maximum atomic E-state index is 12.1. The van der Waals surface area contributed by atoms with E-state index in [1.807, 2.05) is 42.0 Å². The molecule has 0 aliphatic heterocycles. The monoisotopic (exact) mass is 337 g/mol. The molecule has 0 fully saturated rings. The Kier molecular flexibility index (Phi) is 3.56. The molecule has 4 rings (SSSR count). The van der Waals surface area contributed by atoms with Gasteiger partial charge in [0.2, 0.25) is 5.76 Å². The second-order valence-electron chi connectivity index (χ2n) is 6.14. The molecule has 128 valence electrons. The van der Waals surface area contributed by atoms with Gasteiger partial charge in [-0.25, -0.2) is 9.78 Å². The molecule has 0 bridgehead atoms. The Bertz CT molecular complexity index is 1110. The van der Waals surface area contributed by atoms with Crippen LogP contribution in [0.1, 0.15) is 18.2 Å². The zero-order valence-corrected chi connectivity index (χ0v) is 14.4. The van der Waals surface area contributed by atoms with Gasteiger partial charge in [-0.05, 0) is 24.1 Å². The zero-order valence-electron chi connectivity index (χ0n) is 14.4. The van der Waals surface area contributed by atoms with Crippen molar-refractivity contribution in [1.82, 2.24) is 23.8 Å². The van der Waals surface area contributed by atoms with E-state index in [-0.39, 0.29) is 5.69 Å². The maximum absolute atomic E-state index is 12.1. The van der Waals surface area contributed by atoms with Gasteiger partial charge in [0.15, 0.2) is 5.82 Å². The Balaban J connectivity index is 1.72. The van der Waals surface area contributed by atoms with Gasteiger partial charge < -0.3 is 9.09 Å². The first-order valence-corrected chi connectivity index (χ1v) is 8.20. The van der Waals surface area contributed by atoms with Crippen molar-refractivity contribution < 1.29 is 4.52 Å².